The zero-order chi connectivity index (χ0) is 13.7. The maximum atomic E-state index is 11.8. The third kappa shape index (κ3) is 3.70. The highest BCUT2D eigenvalue weighted by Gasteiger charge is 2.26. The number of carboxylic acid groups (broad SMARTS) is 1. The van der Waals surface area contributed by atoms with Crippen LogP contribution in [0.4, 0.5) is 4.79 Å². The number of carboxylic acids is 1. The zero-order valence-electron chi connectivity index (χ0n) is 10.6. The van der Waals surface area contributed by atoms with Crippen LogP contribution in [0.3, 0.4) is 0 Å². The second-order valence-corrected chi connectivity index (χ2v) is 4.66. The number of aliphatic carboxylic acids is 1. The Morgan fingerprint density at radius 3 is 2.79 bits per heavy atom. The SMILES string of the molecule is O=C(O)C1CCN(C(=O)NCCc2cnc[nH]2)CC1. The number of carbonyl (C=O) groups is 2. The predicted molar refractivity (Wildman–Crippen MR) is 67.6 cm³/mol. The van der Waals surface area contributed by atoms with Crippen LogP contribution in [0.2, 0.25) is 0 Å². The Morgan fingerprint density at radius 2 is 2.21 bits per heavy atom. The van der Waals surface area contributed by atoms with E-state index in [1.165, 1.54) is 0 Å². The summed E-state index contributed by atoms with van der Waals surface area (Å²) in [7, 11) is 0. The number of nitrogens with one attached hydrogen (secondary N) is 2. The Hall–Kier alpha value is -2.05. The van der Waals surface area contributed by atoms with Gasteiger partial charge in [0.05, 0.1) is 12.2 Å². The van der Waals surface area contributed by atoms with Crippen LogP contribution in [0.25, 0.3) is 0 Å². The van der Waals surface area contributed by atoms with E-state index in [1.54, 1.807) is 17.4 Å². The molecule has 2 amide bonds. The molecule has 0 saturated carbocycles. The van der Waals surface area contributed by atoms with Gasteiger partial charge in [-0.2, -0.15) is 0 Å². The van der Waals surface area contributed by atoms with Crippen molar-refractivity contribution in [1.82, 2.24) is 20.2 Å². The molecular formula is C12H18N4O3. The third-order valence-electron chi connectivity index (χ3n) is 3.36. The van der Waals surface area contributed by atoms with Gasteiger partial charge in [0, 0.05) is 37.9 Å². The van der Waals surface area contributed by atoms with Crippen molar-refractivity contribution in [1.29, 1.82) is 0 Å². The molecule has 0 spiro atoms. The maximum absolute atomic E-state index is 11.8. The molecule has 19 heavy (non-hydrogen) atoms. The predicted octanol–water partition coefficient (Wildman–Crippen LogP) is 0.458. The van der Waals surface area contributed by atoms with Gasteiger partial charge in [0.2, 0.25) is 0 Å². The summed E-state index contributed by atoms with van der Waals surface area (Å²) in [5, 5.41) is 11.7. The van der Waals surface area contributed by atoms with E-state index in [1.807, 2.05) is 0 Å². The summed E-state index contributed by atoms with van der Waals surface area (Å²) in [5.74, 6) is -1.08. The number of urea groups is 1. The first-order valence-corrected chi connectivity index (χ1v) is 6.39. The Morgan fingerprint density at radius 1 is 1.47 bits per heavy atom. The minimum atomic E-state index is -0.765. The van der Waals surface area contributed by atoms with E-state index >= 15 is 0 Å². The van der Waals surface area contributed by atoms with Gasteiger partial charge in [0.1, 0.15) is 0 Å². The summed E-state index contributed by atoms with van der Waals surface area (Å²) >= 11 is 0. The van der Waals surface area contributed by atoms with Crippen LogP contribution in [-0.4, -0.2) is 51.6 Å². The average Bonchev–Trinajstić information content (AvgIpc) is 2.92. The second kappa shape index (κ2) is 6.21. The third-order valence-corrected chi connectivity index (χ3v) is 3.36. The molecule has 1 saturated heterocycles. The molecule has 2 heterocycles. The molecule has 7 heteroatoms. The molecule has 104 valence electrons. The number of hydrogen-bond acceptors (Lipinski definition) is 3. The van der Waals surface area contributed by atoms with Gasteiger partial charge >= 0.3 is 12.0 Å². The fourth-order valence-electron chi connectivity index (χ4n) is 2.17. The molecule has 0 aliphatic carbocycles. The molecular weight excluding hydrogens is 248 g/mol. The van der Waals surface area contributed by atoms with Crippen molar-refractivity contribution in [2.24, 2.45) is 5.92 Å². The number of hydrogen-bond donors (Lipinski definition) is 3. The fourth-order valence-corrected chi connectivity index (χ4v) is 2.17. The second-order valence-electron chi connectivity index (χ2n) is 4.66. The quantitative estimate of drug-likeness (QED) is 0.737. The average molecular weight is 266 g/mol. The normalized spacial score (nSPS) is 16.3. The van der Waals surface area contributed by atoms with Crippen LogP contribution in [0.1, 0.15) is 18.5 Å². The maximum Gasteiger partial charge on any atom is 0.317 e. The molecule has 0 unspecified atom stereocenters. The van der Waals surface area contributed by atoms with E-state index in [9.17, 15) is 9.59 Å². The highest BCUT2D eigenvalue weighted by Crippen LogP contribution is 2.17. The van der Waals surface area contributed by atoms with E-state index in [-0.39, 0.29) is 11.9 Å². The fraction of sp³-hybridized carbons (Fsp3) is 0.583. The van der Waals surface area contributed by atoms with Gasteiger partial charge in [-0.15, -0.1) is 0 Å². The number of likely N-dealkylation sites (tertiary alicyclic amines) is 1. The lowest BCUT2D eigenvalue weighted by molar-refractivity contribution is -0.143. The van der Waals surface area contributed by atoms with Crippen LogP contribution in [-0.2, 0) is 11.2 Å². The highest BCUT2D eigenvalue weighted by atomic mass is 16.4. The molecule has 7 nitrogen and oxygen atoms in total. The van der Waals surface area contributed by atoms with Crippen molar-refractivity contribution in [2.45, 2.75) is 19.3 Å². The molecule has 1 aromatic rings. The molecule has 1 aliphatic rings. The van der Waals surface area contributed by atoms with Gasteiger partial charge in [-0.3, -0.25) is 4.79 Å². The number of H-pyrrole nitrogens is 1. The summed E-state index contributed by atoms with van der Waals surface area (Å²) in [4.78, 5) is 31.2. The molecule has 3 N–H and O–H groups in total. The Kier molecular flexibility index (Phi) is 4.38. The Balaban J connectivity index is 1.68. The topological polar surface area (TPSA) is 98.3 Å². The zero-order valence-corrected chi connectivity index (χ0v) is 10.6. The van der Waals surface area contributed by atoms with Gasteiger partial charge in [-0.05, 0) is 12.8 Å². The molecule has 0 bridgehead atoms. The lowest BCUT2D eigenvalue weighted by atomic mass is 9.97. The number of piperidine rings is 1. The molecule has 1 aliphatic heterocycles. The van der Waals surface area contributed by atoms with Crippen molar-refractivity contribution in [2.75, 3.05) is 19.6 Å². The number of aromatic amines is 1. The summed E-state index contributed by atoms with van der Waals surface area (Å²) in [6.07, 6.45) is 5.10. The van der Waals surface area contributed by atoms with Crippen LogP contribution in [0.15, 0.2) is 12.5 Å². The lowest BCUT2D eigenvalue weighted by Crippen LogP contribution is -2.45. The van der Waals surface area contributed by atoms with E-state index in [0.717, 1.165) is 5.69 Å². The van der Waals surface area contributed by atoms with Crippen LogP contribution < -0.4 is 5.32 Å². The van der Waals surface area contributed by atoms with Crippen LogP contribution in [0, 0.1) is 5.92 Å². The number of rotatable bonds is 4. The van der Waals surface area contributed by atoms with Crippen LogP contribution in [0.5, 0.6) is 0 Å². The van der Waals surface area contributed by atoms with E-state index in [0.29, 0.717) is 38.9 Å². The number of amides is 2. The molecule has 1 aromatic heterocycles. The van der Waals surface area contributed by atoms with Gasteiger partial charge in [-0.1, -0.05) is 0 Å². The minimum absolute atomic E-state index is 0.122. The van der Waals surface area contributed by atoms with Crippen molar-refractivity contribution in [3.63, 3.8) is 0 Å². The first-order valence-electron chi connectivity index (χ1n) is 6.39. The first-order chi connectivity index (χ1) is 9.16. The summed E-state index contributed by atoms with van der Waals surface area (Å²) in [6.45, 7) is 1.56. The van der Waals surface area contributed by atoms with Crippen molar-refractivity contribution < 1.29 is 14.7 Å². The lowest BCUT2D eigenvalue weighted by Gasteiger charge is -2.30. The van der Waals surface area contributed by atoms with Crippen molar-refractivity contribution in [3.8, 4) is 0 Å². The highest BCUT2D eigenvalue weighted by molar-refractivity contribution is 5.75. The number of carbonyl (C=O) groups excluding carboxylic acids is 1. The molecule has 1 fully saturated rings. The Labute approximate surface area is 111 Å². The van der Waals surface area contributed by atoms with E-state index in [2.05, 4.69) is 15.3 Å². The van der Waals surface area contributed by atoms with Gasteiger partial charge in [-0.25, -0.2) is 9.78 Å². The number of imidazole rings is 1. The van der Waals surface area contributed by atoms with E-state index < -0.39 is 5.97 Å². The summed E-state index contributed by atoms with van der Waals surface area (Å²) < 4.78 is 0. The monoisotopic (exact) mass is 266 g/mol. The minimum Gasteiger partial charge on any atom is -0.481 e. The van der Waals surface area contributed by atoms with Crippen LogP contribution >= 0.6 is 0 Å². The van der Waals surface area contributed by atoms with E-state index in [4.69, 9.17) is 5.11 Å². The first kappa shape index (κ1) is 13.4. The smallest absolute Gasteiger partial charge is 0.317 e. The Bertz CT molecular complexity index is 424. The molecule has 0 radical (unpaired) electrons. The standard InChI is InChI=1S/C12H18N4O3/c17-11(18)9-2-5-16(6-3-9)12(19)14-4-1-10-7-13-8-15-10/h7-9H,1-6H2,(H,13,15)(H,14,19)(H,17,18). The number of nitrogens with zero attached hydrogens (tertiary/aromatic N) is 2. The number of aromatic nitrogens is 2. The summed E-state index contributed by atoms with van der Waals surface area (Å²) in [6, 6.07) is -0.122. The summed E-state index contributed by atoms with van der Waals surface area (Å²) in [5.41, 5.74) is 0.977. The van der Waals surface area contributed by atoms with Gasteiger partial charge in [0.25, 0.3) is 0 Å². The largest absolute Gasteiger partial charge is 0.481 e. The molecule has 2 rings (SSSR count). The van der Waals surface area contributed by atoms with Crippen molar-refractivity contribution in [3.05, 3.63) is 18.2 Å². The molecule has 0 atom stereocenters. The van der Waals surface area contributed by atoms with Crippen molar-refractivity contribution >= 4 is 12.0 Å². The van der Waals surface area contributed by atoms with Gasteiger partial charge in [0.15, 0.2) is 0 Å². The van der Waals surface area contributed by atoms with Gasteiger partial charge < -0.3 is 20.3 Å². The molecule has 0 aromatic carbocycles.